The predicted octanol–water partition coefficient (Wildman–Crippen LogP) is 5.99. The summed E-state index contributed by atoms with van der Waals surface area (Å²) in [5, 5.41) is 3.87. The molecule has 0 fully saturated rings. The summed E-state index contributed by atoms with van der Waals surface area (Å²) in [5.74, 6) is 0.425. The van der Waals surface area contributed by atoms with E-state index in [1.807, 2.05) is 42.5 Å². The number of para-hydroxylation sites is 1. The maximum atomic E-state index is 12.7. The molecule has 1 heterocycles. The molecule has 4 nitrogen and oxygen atoms in total. The average Bonchev–Trinajstić information content (AvgIpc) is 3.13. The highest BCUT2D eigenvalue weighted by Crippen LogP contribution is 2.31. The first-order chi connectivity index (χ1) is 13.1. The summed E-state index contributed by atoms with van der Waals surface area (Å²) in [5.41, 5.74) is 3.18. The van der Waals surface area contributed by atoms with Crippen molar-refractivity contribution < 1.29 is 9.53 Å². The molecule has 0 saturated heterocycles. The number of hydrogen-bond acceptors (Lipinski definition) is 4. The Bertz CT molecular complexity index is 1110. The molecular formula is C21H15BrN2O2S. The number of amides is 1. The van der Waals surface area contributed by atoms with Crippen LogP contribution in [-0.4, -0.2) is 18.0 Å². The van der Waals surface area contributed by atoms with Gasteiger partial charge in [-0.1, -0.05) is 24.3 Å². The fraction of sp³-hybridized carbons (Fsp3) is 0.0476. The van der Waals surface area contributed by atoms with Crippen LogP contribution in [0.1, 0.15) is 10.4 Å². The molecule has 1 N–H and O–H groups in total. The summed E-state index contributed by atoms with van der Waals surface area (Å²) >= 11 is 5.05. The van der Waals surface area contributed by atoms with Gasteiger partial charge >= 0.3 is 0 Å². The lowest BCUT2D eigenvalue weighted by molar-refractivity contribution is 0.102. The number of nitrogens with zero attached hydrogens (tertiary/aromatic N) is 1. The number of carbonyl (C=O) groups excluding carboxylic acids is 1. The number of fused-ring (bicyclic) bond motifs is 1. The Hall–Kier alpha value is -2.70. The Morgan fingerprint density at radius 1 is 1.07 bits per heavy atom. The Labute approximate surface area is 169 Å². The molecule has 0 atom stereocenters. The third-order valence-electron chi connectivity index (χ3n) is 4.08. The van der Waals surface area contributed by atoms with Crippen molar-refractivity contribution in [3.05, 3.63) is 76.8 Å². The van der Waals surface area contributed by atoms with Crippen molar-refractivity contribution in [3.8, 4) is 16.3 Å². The van der Waals surface area contributed by atoms with Crippen LogP contribution in [0.2, 0.25) is 0 Å². The Morgan fingerprint density at radius 3 is 2.74 bits per heavy atom. The normalized spacial score (nSPS) is 10.7. The summed E-state index contributed by atoms with van der Waals surface area (Å²) in [6.45, 7) is 0. The van der Waals surface area contributed by atoms with Crippen LogP contribution in [0.25, 0.3) is 20.8 Å². The van der Waals surface area contributed by atoms with Gasteiger partial charge in [0.15, 0.2) is 0 Å². The standard InChI is InChI=1S/C21H15BrN2O2S/c1-26-15-9-10-17(22)16(12-15)20(25)23-14-6-4-5-13(11-14)21-24-18-7-2-3-8-19(18)27-21/h2-12H,1H3,(H,23,25). The summed E-state index contributed by atoms with van der Waals surface area (Å²) < 4.78 is 7.06. The van der Waals surface area contributed by atoms with Crippen LogP contribution in [0.5, 0.6) is 5.75 Å². The molecule has 27 heavy (non-hydrogen) atoms. The van der Waals surface area contributed by atoms with Crippen LogP contribution in [0.3, 0.4) is 0 Å². The Balaban J connectivity index is 1.62. The SMILES string of the molecule is COc1ccc(Br)c(C(=O)Nc2cccc(-c3nc4ccccc4s3)c2)c1. The van der Waals surface area contributed by atoms with E-state index in [9.17, 15) is 4.79 Å². The van der Waals surface area contributed by atoms with Crippen molar-refractivity contribution in [2.75, 3.05) is 12.4 Å². The van der Waals surface area contributed by atoms with Crippen LogP contribution < -0.4 is 10.1 Å². The van der Waals surface area contributed by atoms with E-state index in [1.165, 1.54) is 0 Å². The van der Waals surface area contributed by atoms with Gasteiger partial charge in [0.25, 0.3) is 5.91 Å². The lowest BCUT2D eigenvalue weighted by Crippen LogP contribution is -2.12. The molecule has 1 amide bonds. The summed E-state index contributed by atoms with van der Waals surface area (Å²) in [6, 6.07) is 21.1. The monoisotopic (exact) mass is 438 g/mol. The Morgan fingerprint density at radius 2 is 1.93 bits per heavy atom. The highest BCUT2D eigenvalue weighted by atomic mass is 79.9. The van der Waals surface area contributed by atoms with E-state index in [1.54, 1.807) is 36.6 Å². The second-order valence-electron chi connectivity index (χ2n) is 5.87. The molecular weight excluding hydrogens is 424 g/mol. The van der Waals surface area contributed by atoms with Crippen molar-refractivity contribution >= 4 is 49.1 Å². The van der Waals surface area contributed by atoms with E-state index in [0.29, 0.717) is 21.5 Å². The molecule has 0 aliphatic heterocycles. The van der Waals surface area contributed by atoms with Gasteiger partial charge in [-0.05, 0) is 58.4 Å². The van der Waals surface area contributed by atoms with Gasteiger partial charge in [-0.2, -0.15) is 0 Å². The van der Waals surface area contributed by atoms with Crippen LogP contribution >= 0.6 is 27.3 Å². The summed E-state index contributed by atoms with van der Waals surface area (Å²) in [4.78, 5) is 17.4. The number of aromatic nitrogens is 1. The van der Waals surface area contributed by atoms with Crippen LogP contribution in [0.15, 0.2) is 71.2 Å². The molecule has 4 aromatic rings. The third kappa shape index (κ3) is 3.72. The number of anilines is 1. The summed E-state index contributed by atoms with van der Waals surface area (Å²) in [6.07, 6.45) is 0. The van der Waals surface area contributed by atoms with Crippen LogP contribution in [0.4, 0.5) is 5.69 Å². The number of hydrogen-bond donors (Lipinski definition) is 1. The van der Waals surface area contributed by atoms with Gasteiger partial charge in [0.1, 0.15) is 10.8 Å². The van der Waals surface area contributed by atoms with Gasteiger partial charge in [-0.15, -0.1) is 11.3 Å². The molecule has 0 radical (unpaired) electrons. The van der Waals surface area contributed by atoms with Crippen LogP contribution in [-0.2, 0) is 0 Å². The lowest BCUT2D eigenvalue weighted by atomic mass is 10.1. The third-order valence-corrected chi connectivity index (χ3v) is 5.86. The zero-order valence-electron chi connectivity index (χ0n) is 14.4. The van der Waals surface area contributed by atoms with Gasteiger partial charge in [-0.25, -0.2) is 4.98 Å². The fourth-order valence-corrected chi connectivity index (χ4v) is 4.12. The van der Waals surface area contributed by atoms with E-state index < -0.39 is 0 Å². The zero-order chi connectivity index (χ0) is 18.8. The minimum absolute atomic E-state index is 0.206. The van der Waals surface area contributed by atoms with Crippen molar-refractivity contribution in [2.45, 2.75) is 0 Å². The number of rotatable bonds is 4. The molecule has 0 bridgehead atoms. The predicted molar refractivity (Wildman–Crippen MR) is 114 cm³/mol. The zero-order valence-corrected chi connectivity index (χ0v) is 16.8. The van der Waals surface area contributed by atoms with E-state index in [4.69, 9.17) is 4.74 Å². The number of benzene rings is 3. The van der Waals surface area contributed by atoms with Crippen molar-refractivity contribution in [1.29, 1.82) is 0 Å². The molecule has 4 rings (SSSR count). The number of nitrogens with one attached hydrogen (secondary N) is 1. The minimum Gasteiger partial charge on any atom is -0.497 e. The first kappa shape index (κ1) is 17.7. The highest BCUT2D eigenvalue weighted by molar-refractivity contribution is 9.10. The van der Waals surface area contributed by atoms with Gasteiger partial charge in [0.05, 0.1) is 22.9 Å². The molecule has 134 valence electrons. The molecule has 0 aliphatic rings. The Kier molecular flexibility index (Phi) is 4.92. The molecule has 0 aliphatic carbocycles. The van der Waals surface area contributed by atoms with Crippen molar-refractivity contribution in [3.63, 3.8) is 0 Å². The number of thiazole rings is 1. The quantitative estimate of drug-likeness (QED) is 0.425. The van der Waals surface area contributed by atoms with E-state index in [0.717, 1.165) is 20.8 Å². The molecule has 6 heteroatoms. The number of methoxy groups -OCH3 is 1. The fourth-order valence-electron chi connectivity index (χ4n) is 2.73. The van der Waals surface area contributed by atoms with Gasteiger partial charge in [-0.3, -0.25) is 4.79 Å². The second-order valence-corrected chi connectivity index (χ2v) is 7.75. The summed E-state index contributed by atoms with van der Waals surface area (Å²) in [7, 11) is 1.58. The van der Waals surface area contributed by atoms with Crippen molar-refractivity contribution in [1.82, 2.24) is 4.98 Å². The van der Waals surface area contributed by atoms with Gasteiger partial charge < -0.3 is 10.1 Å². The number of carbonyl (C=O) groups is 1. The van der Waals surface area contributed by atoms with Crippen LogP contribution in [0, 0.1) is 0 Å². The molecule has 0 saturated carbocycles. The first-order valence-corrected chi connectivity index (χ1v) is 9.86. The molecule has 0 unspecified atom stereocenters. The number of halogens is 1. The molecule has 3 aromatic carbocycles. The first-order valence-electron chi connectivity index (χ1n) is 8.25. The van der Waals surface area contributed by atoms with E-state index in [-0.39, 0.29) is 5.91 Å². The second kappa shape index (κ2) is 7.50. The minimum atomic E-state index is -0.206. The van der Waals surface area contributed by atoms with Gasteiger partial charge in [0, 0.05) is 15.7 Å². The topological polar surface area (TPSA) is 51.2 Å². The molecule has 1 aromatic heterocycles. The maximum absolute atomic E-state index is 12.7. The molecule has 0 spiro atoms. The number of ether oxygens (including phenoxy) is 1. The maximum Gasteiger partial charge on any atom is 0.256 e. The van der Waals surface area contributed by atoms with E-state index >= 15 is 0 Å². The van der Waals surface area contributed by atoms with E-state index in [2.05, 4.69) is 32.3 Å². The average molecular weight is 439 g/mol. The highest BCUT2D eigenvalue weighted by Gasteiger charge is 2.13. The smallest absolute Gasteiger partial charge is 0.256 e. The largest absolute Gasteiger partial charge is 0.497 e. The van der Waals surface area contributed by atoms with Gasteiger partial charge in [0.2, 0.25) is 0 Å². The van der Waals surface area contributed by atoms with Crippen molar-refractivity contribution in [2.24, 2.45) is 0 Å². The lowest BCUT2D eigenvalue weighted by Gasteiger charge is -2.09.